The van der Waals surface area contributed by atoms with E-state index < -0.39 is 5.60 Å². The van der Waals surface area contributed by atoms with Crippen LogP contribution in [0.3, 0.4) is 0 Å². The van der Waals surface area contributed by atoms with E-state index in [2.05, 4.69) is 23.6 Å². The van der Waals surface area contributed by atoms with E-state index >= 15 is 0 Å². The fourth-order valence-electron chi connectivity index (χ4n) is 3.36. The number of ether oxygens (including phenoxy) is 1. The average molecular weight is 339 g/mol. The zero-order chi connectivity index (χ0) is 18.3. The Morgan fingerprint density at radius 3 is 2.48 bits per heavy atom. The third-order valence-electron chi connectivity index (χ3n) is 4.61. The highest BCUT2D eigenvalue weighted by atomic mass is 16.5. The van der Waals surface area contributed by atoms with Crippen molar-refractivity contribution in [1.82, 2.24) is 4.90 Å². The monoisotopic (exact) mass is 339 g/mol. The van der Waals surface area contributed by atoms with Crippen LogP contribution in [0.15, 0.2) is 67.3 Å². The minimum atomic E-state index is -1.00. The van der Waals surface area contributed by atoms with E-state index in [9.17, 15) is 5.11 Å². The molecule has 0 spiro atoms. The van der Waals surface area contributed by atoms with Gasteiger partial charge in [-0.3, -0.25) is 0 Å². The Hall–Kier alpha value is -2.10. The first-order valence-electron chi connectivity index (χ1n) is 8.66. The van der Waals surface area contributed by atoms with Crippen LogP contribution in [0, 0.1) is 5.92 Å². The van der Waals surface area contributed by atoms with E-state index in [4.69, 9.17) is 4.74 Å². The van der Waals surface area contributed by atoms with Crippen molar-refractivity contribution >= 4 is 0 Å². The van der Waals surface area contributed by atoms with Crippen molar-refractivity contribution in [2.45, 2.75) is 18.4 Å². The SMILES string of the molecule is C=CC[C@@](O)(c1cccc(OC)c1)[C@@H](Cc1ccccc1)CN(C)C. The van der Waals surface area contributed by atoms with Gasteiger partial charge in [-0.2, -0.15) is 0 Å². The van der Waals surface area contributed by atoms with Crippen molar-refractivity contribution in [2.75, 3.05) is 27.7 Å². The van der Waals surface area contributed by atoms with Crippen LogP contribution in [-0.4, -0.2) is 37.8 Å². The third-order valence-corrected chi connectivity index (χ3v) is 4.61. The Balaban J connectivity index is 2.43. The molecule has 0 aliphatic carbocycles. The maximum Gasteiger partial charge on any atom is 0.119 e. The molecule has 0 radical (unpaired) electrons. The summed E-state index contributed by atoms with van der Waals surface area (Å²) in [5.74, 6) is 0.776. The van der Waals surface area contributed by atoms with E-state index in [1.165, 1.54) is 5.56 Å². The number of nitrogens with zero attached hydrogens (tertiary/aromatic N) is 1. The van der Waals surface area contributed by atoms with E-state index in [1.807, 2.05) is 56.6 Å². The number of methoxy groups -OCH3 is 1. The van der Waals surface area contributed by atoms with Gasteiger partial charge in [0.05, 0.1) is 12.7 Å². The predicted molar refractivity (Wildman–Crippen MR) is 104 cm³/mol. The van der Waals surface area contributed by atoms with E-state index in [1.54, 1.807) is 13.2 Å². The van der Waals surface area contributed by atoms with Gasteiger partial charge >= 0.3 is 0 Å². The molecule has 3 heteroatoms. The zero-order valence-corrected chi connectivity index (χ0v) is 15.5. The molecule has 0 aromatic heterocycles. The predicted octanol–water partition coefficient (Wildman–Crippen LogP) is 3.88. The summed E-state index contributed by atoms with van der Waals surface area (Å²) in [6.45, 7) is 4.65. The number of hydrogen-bond donors (Lipinski definition) is 1. The second kappa shape index (κ2) is 8.84. The molecule has 0 aliphatic rings. The van der Waals surface area contributed by atoms with E-state index in [0.29, 0.717) is 6.42 Å². The molecule has 0 saturated carbocycles. The second-order valence-electron chi connectivity index (χ2n) is 6.80. The van der Waals surface area contributed by atoms with Crippen LogP contribution in [0.1, 0.15) is 17.5 Å². The fraction of sp³-hybridized carbons (Fsp3) is 0.364. The summed E-state index contributed by atoms with van der Waals surface area (Å²) in [7, 11) is 5.72. The first-order valence-corrected chi connectivity index (χ1v) is 8.66. The molecule has 0 heterocycles. The highest BCUT2D eigenvalue weighted by Crippen LogP contribution is 2.37. The van der Waals surface area contributed by atoms with Crippen molar-refractivity contribution in [3.8, 4) is 5.75 Å². The van der Waals surface area contributed by atoms with Gasteiger partial charge in [0.1, 0.15) is 5.75 Å². The summed E-state index contributed by atoms with van der Waals surface area (Å²) in [5, 5.41) is 11.7. The molecule has 2 aromatic rings. The summed E-state index contributed by atoms with van der Waals surface area (Å²) >= 11 is 0. The van der Waals surface area contributed by atoms with Gasteiger partial charge in [0.15, 0.2) is 0 Å². The molecule has 0 aliphatic heterocycles. The lowest BCUT2D eigenvalue weighted by Crippen LogP contribution is -2.41. The molecule has 1 N–H and O–H groups in total. The van der Waals surface area contributed by atoms with Crippen LogP contribution in [0.2, 0.25) is 0 Å². The van der Waals surface area contributed by atoms with Crippen molar-refractivity contribution in [1.29, 1.82) is 0 Å². The summed E-state index contributed by atoms with van der Waals surface area (Å²) in [6.07, 6.45) is 3.08. The maximum atomic E-state index is 11.7. The fourth-order valence-corrected chi connectivity index (χ4v) is 3.36. The number of hydrogen-bond acceptors (Lipinski definition) is 3. The highest BCUT2D eigenvalue weighted by molar-refractivity contribution is 5.34. The van der Waals surface area contributed by atoms with Crippen molar-refractivity contribution in [3.63, 3.8) is 0 Å². The first-order chi connectivity index (χ1) is 12.0. The van der Waals surface area contributed by atoms with Gasteiger partial charge in [0.2, 0.25) is 0 Å². The Kier molecular flexibility index (Phi) is 6.80. The molecule has 0 saturated heterocycles. The summed E-state index contributed by atoms with van der Waals surface area (Å²) in [4.78, 5) is 2.13. The number of aliphatic hydroxyl groups is 1. The maximum absolute atomic E-state index is 11.7. The molecular weight excluding hydrogens is 310 g/mol. The topological polar surface area (TPSA) is 32.7 Å². The van der Waals surface area contributed by atoms with E-state index in [0.717, 1.165) is 24.3 Å². The van der Waals surface area contributed by atoms with Crippen molar-refractivity contribution in [3.05, 3.63) is 78.4 Å². The van der Waals surface area contributed by atoms with Gasteiger partial charge in [-0.25, -0.2) is 0 Å². The quantitative estimate of drug-likeness (QED) is 0.704. The molecule has 25 heavy (non-hydrogen) atoms. The minimum absolute atomic E-state index is 0.0232. The summed E-state index contributed by atoms with van der Waals surface area (Å²) in [6, 6.07) is 18.1. The van der Waals surface area contributed by atoms with Gasteiger partial charge in [-0.05, 0) is 50.2 Å². The Labute approximate surface area is 151 Å². The molecule has 134 valence electrons. The van der Waals surface area contributed by atoms with Crippen molar-refractivity contribution < 1.29 is 9.84 Å². The van der Waals surface area contributed by atoms with Gasteiger partial charge in [-0.1, -0.05) is 48.5 Å². The molecular formula is C22H29NO2. The molecule has 2 aromatic carbocycles. The zero-order valence-electron chi connectivity index (χ0n) is 15.5. The van der Waals surface area contributed by atoms with Crippen LogP contribution >= 0.6 is 0 Å². The summed E-state index contributed by atoms with van der Waals surface area (Å²) in [5.41, 5.74) is 1.09. The van der Waals surface area contributed by atoms with Crippen LogP contribution in [0.5, 0.6) is 5.75 Å². The molecule has 2 atom stereocenters. The Bertz CT molecular complexity index is 669. The standard InChI is InChI=1S/C22H29NO2/c1-5-14-22(24,19-12-9-13-21(16-19)25-4)20(17-23(2)3)15-18-10-7-6-8-11-18/h5-13,16,20,24H,1,14-15,17H2,2-4H3/t20-,22+/m0/s1. The Morgan fingerprint density at radius 2 is 1.88 bits per heavy atom. The first kappa shape index (κ1) is 19.2. The van der Waals surface area contributed by atoms with Gasteiger partial charge < -0.3 is 14.7 Å². The number of benzene rings is 2. The third kappa shape index (κ3) is 4.94. The highest BCUT2D eigenvalue weighted by Gasteiger charge is 2.38. The van der Waals surface area contributed by atoms with Crippen molar-refractivity contribution in [2.24, 2.45) is 5.92 Å². The Morgan fingerprint density at radius 1 is 1.16 bits per heavy atom. The van der Waals surface area contributed by atoms with Crippen LogP contribution in [0.4, 0.5) is 0 Å². The van der Waals surface area contributed by atoms with Crippen LogP contribution in [-0.2, 0) is 12.0 Å². The number of rotatable bonds is 9. The minimum Gasteiger partial charge on any atom is -0.497 e. The van der Waals surface area contributed by atoms with E-state index in [-0.39, 0.29) is 5.92 Å². The summed E-state index contributed by atoms with van der Waals surface area (Å²) < 4.78 is 5.36. The van der Waals surface area contributed by atoms with Gasteiger partial charge in [0, 0.05) is 12.5 Å². The molecule has 2 rings (SSSR count). The normalized spacial score (nSPS) is 14.8. The molecule has 0 unspecified atom stereocenters. The molecule has 0 fully saturated rings. The second-order valence-corrected chi connectivity index (χ2v) is 6.80. The lowest BCUT2D eigenvalue weighted by atomic mass is 9.75. The molecule has 0 bridgehead atoms. The molecule has 3 nitrogen and oxygen atoms in total. The van der Waals surface area contributed by atoms with Gasteiger partial charge in [0.25, 0.3) is 0 Å². The lowest BCUT2D eigenvalue weighted by molar-refractivity contribution is -0.0307. The van der Waals surface area contributed by atoms with Crippen LogP contribution < -0.4 is 4.74 Å². The smallest absolute Gasteiger partial charge is 0.119 e. The van der Waals surface area contributed by atoms with Crippen LogP contribution in [0.25, 0.3) is 0 Å². The largest absolute Gasteiger partial charge is 0.497 e. The lowest BCUT2D eigenvalue weighted by Gasteiger charge is -2.38. The van der Waals surface area contributed by atoms with Gasteiger partial charge in [-0.15, -0.1) is 6.58 Å². The average Bonchev–Trinajstić information content (AvgIpc) is 2.62. The molecule has 0 amide bonds.